The molecule has 3 N–H and O–H groups in total. The Morgan fingerprint density at radius 3 is 2.94 bits per heavy atom. The minimum absolute atomic E-state index is 0.0444. The molecule has 0 aliphatic carbocycles. The van der Waals surface area contributed by atoms with E-state index in [-0.39, 0.29) is 5.84 Å². The van der Waals surface area contributed by atoms with E-state index in [2.05, 4.69) is 12.1 Å². The highest BCUT2D eigenvalue weighted by molar-refractivity contribution is 6.34. The summed E-state index contributed by atoms with van der Waals surface area (Å²) < 4.78 is 5.52. The maximum absolute atomic E-state index is 8.66. The number of nitrogens with zero attached hydrogens (tertiary/aromatic N) is 1. The van der Waals surface area contributed by atoms with E-state index >= 15 is 0 Å². The molecule has 1 aromatic carbocycles. The first-order valence-electron chi connectivity index (χ1n) is 5.10. The summed E-state index contributed by atoms with van der Waals surface area (Å²) in [4.78, 5) is 0. The Morgan fingerprint density at radius 1 is 1.56 bits per heavy atom. The Balaban J connectivity index is 2.94. The van der Waals surface area contributed by atoms with Gasteiger partial charge in [-0.25, -0.2) is 0 Å². The number of hydrogen-bond acceptors (Lipinski definition) is 3. The Morgan fingerprint density at radius 2 is 2.31 bits per heavy atom. The highest BCUT2D eigenvalue weighted by atomic mass is 35.5. The van der Waals surface area contributed by atoms with Gasteiger partial charge in [0, 0.05) is 0 Å². The third kappa shape index (κ3) is 3.03. The molecule has 0 spiro atoms. The summed E-state index contributed by atoms with van der Waals surface area (Å²) in [6.07, 6.45) is 1.99. The fraction of sp³-hybridized carbons (Fsp3) is 0.364. The molecule has 0 radical (unpaired) electrons. The maximum atomic E-state index is 8.66. The van der Waals surface area contributed by atoms with Crippen LogP contribution in [0.2, 0.25) is 5.02 Å². The molecular weight excluding hydrogens is 228 g/mol. The van der Waals surface area contributed by atoms with E-state index in [4.69, 9.17) is 27.3 Å². The van der Waals surface area contributed by atoms with Crippen molar-refractivity contribution in [2.24, 2.45) is 10.9 Å². The first kappa shape index (κ1) is 12.6. The van der Waals surface area contributed by atoms with Crippen molar-refractivity contribution in [1.29, 1.82) is 0 Å². The molecule has 0 unspecified atom stereocenters. The first-order chi connectivity index (χ1) is 7.70. The Labute approximate surface area is 99.7 Å². The number of ether oxygens (including phenoxy) is 1. The molecule has 16 heavy (non-hydrogen) atoms. The molecule has 0 saturated heterocycles. The molecule has 0 aliphatic heterocycles. The molecule has 88 valence electrons. The van der Waals surface area contributed by atoms with E-state index in [9.17, 15) is 0 Å². The third-order valence-corrected chi connectivity index (χ3v) is 2.41. The molecule has 0 bridgehead atoms. The molecule has 0 fully saturated rings. The number of rotatable bonds is 5. The van der Waals surface area contributed by atoms with Crippen LogP contribution < -0.4 is 10.5 Å². The Hall–Kier alpha value is -1.42. The van der Waals surface area contributed by atoms with Gasteiger partial charge in [0.2, 0.25) is 0 Å². The molecular formula is C11H15ClN2O2. The molecule has 1 rings (SSSR count). The van der Waals surface area contributed by atoms with Gasteiger partial charge in [-0.3, -0.25) is 0 Å². The summed E-state index contributed by atoms with van der Waals surface area (Å²) in [6, 6.07) is 5.17. The van der Waals surface area contributed by atoms with Gasteiger partial charge in [-0.1, -0.05) is 36.2 Å². The van der Waals surface area contributed by atoms with Crippen LogP contribution in [0.4, 0.5) is 0 Å². The number of nitrogens with two attached hydrogens (primary N) is 1. The van der Waals surface area contributed by atoms with E-state index < -0.39 is 0 Å². The second-order valence-electron chi connectivity index (χ2n) is 3.30. The lowest BCUT2D eigenvalue weighted by molar-refractivity contribution is 0.306. The van der Waals surface area contributed by atoms with Crippen LogP contribution in [0.1, 0.15) is 25.3 Å². The van der Waals surface area contributed by atoms with Crippen molar-refractivity contribution >= 4 is 17.4 Å². The number of amidine groups is 1. The van der Waals surface area contributed by atoms with Crippen LogP contribution in [-0.4, -0.2) is 17.6 Å². The van der Waals surface area contributed by atoms with Crippen molar-refractivity contribution in [2.75, 3.05) is 6.61 Å². The van der Waals surface area contributed by atoms with Gasteiger partial charge < -0.3 is 15.7 Å². The van der Waals surface area contributed by atoms with Gasteiger partial charge in [0.05, 0.1) is 17.2 Å². The highest BCUT2D eigenvalue weighted by Crippen LogP contribution is 2.26. The minimum atomic E-state index is -0.0444. The molecule has 0 atom stereocenters. The fourth-order valence-corrected chi connectivity index (χ4v) is 1.51. The average molecular weight is 243 g/mol. The lowest BCUT2D eigenvalue weighted by atomic mass is 10.2. The highest BCUT2D eigenvalue weighted by Gasteiger charge is 2.12. The van der Waals surface area contributed by atoms with Crippen LogP contribution in [-0.2, 0) is 0 Å². The Kier molecular flexibility index (Phi) is 4.92. The smallest absolute Gasteiger partial charge is 0.175 e. The molecule has 0 aromatic heterocycles. The summed E-state index contributed by atoms with van der Waals surface area (Å²) >= 11 is 5.96. The molecule has 0 saturated carbocycles. The van der Waals surface area contributed by atoms with Crippen LogP contribution in [0.3, 0.4) is 0 Å². The maximum Gasteiger partial charge on any atom is 0.175 e. The second-order valence-corrected chi connectivity index (χ2v) is 3.71. The van der Waals surface area contributed by atoms with E-state index in [0.29, 0.717) is 22.9 Å². The molecule has 0 amide bonds. The quantitative estimate of drug-likeness (QED) is 0.274. The van der Waals surface area contributed by atoms with Crippen molar-refractivity contribution in [1.82, 2.24) is 0 Å². The number of halogens is 1. The van der Waals surface area contributed by atoms with E-state index in [0.717, 1.165) is 12.8 Å². The van der Waals surface area contributed by atoms with Gasteiger partial charge in [-0.05, 0) is 18.6 Å². The summed E-state index contributed by atoms with van der Waals surface area (Å²) in [6.45, 7) is 2.66. The van der Waals surface area contributed by atoms with Crippen LogP contribution in [0.5, 0.6) is 5.75 Å². The van der Waals surface area contributed by atoms with Gasteiger partial charge in [0.15, 0.2) is 5.84 Å². The summed E-state index contributed by atoms with van der Waals surface area (Å²) in [5.41, 5.74) is 5.97. The second kappa shape index (κ2) is 6.23. The number of oxime groups is 1. The van der Waals surface area contributed by atoms with E-state index in [1.807, 2.05) is 0 Å². The lowest BCUT2D eigenvalue weighted by Gasteiger charge is -2.11. The Bertz CT molecular complexity index is 380. The SMILES string of the molecule is CCCCOc1cccc(Cl)c1C(N)=NO. The van der Waals surface area contributed by atoms with Crippen molar-refractivity contribution in [3.8, 4) is 5.75 Å². The van der Waals surface area contributed by atoms with Gasteiger partial charge in [-0.2, -0.15) is 0 Å². The van der Waals surface area contributed by atoms with E-state index in [1.165, 1.54) is 0 Å². The number of unbranched alkanes of at least 4 members (excludes halogenated alkanes) is 1. The normalized spacial score (nSPS) is 11.5. The van der Waals surface area contributed by atoms with Crippen LogP contribution >= 0.6 is 11.6 Å². The average Bonchev–Trinajstić information content (AvgIpc) is 2.29. The topological polar surface area (TPSA) is 67.8 Å². The van der Waals surface area contributed by atoms with Gasteiger partial charge in [0.1, 0.15) is 5.75 Å². The first-order valence-corrected chi connectivity index (χ1v) is 5.47. The molecule has 0 heterocycles. The van der Waals surface area contributed by atoms with Crippen LogP contribution in [0.15, 0.2) is 23.4 Å². The zero-order valence-corrected chi connectivity index (χ0v) is 9.87. The van der Waals surface area contributed by atoms with Gasteiger partial charge in [0.25, 0.3) is 0 Å². The predicted molar refractivity (Wildman–Crippen MR) is 64.4 cm³/mol. The number of hydrogen-bond donors (Lipinski definition) is 2. The molecule has 0 aliphatic rings. The minimum Gasteiger partial charge on any atom is -0.493 e. The summed E-state index contributed by atoms with van der Waals surface area (Å²) in [7, 11) is 0. The lowest BCUT2D eigenvalue weighted by Crippen LogP contribution is -2.15. The van der Waals surface area contributed by atoms with Gasteiger partial charge in [-0.15, -0.1) is 0 Å². The predicted octanol–water partition coefficient (Wildman–Crippen LogP) is 2.61. The monoisotopic (exact) mass is 242 g/mol. The summed E-state index contributed by atoms with van der Waals surface area (Å²) in [5, 5.41) is 12.0. The number of benzene rings is 1. The fourth-order valence-electron chi connectivity index (χ4n) is 1.25. The van der Waals surface area contributed by atoms with E-state index in [1.54, 1.807) is 18.2 Å². The molecule has 4 nitrogen and oxygen atoms in total. The van der Waals surface area contributed by atoms with Crippen molar-refractivity contribution in [3.63, 3.8) is 0 Å². The van der Waals surface area contributed by atoms with Crippen molar-refractivity contribution in [3.05, 3.63) is 28.8 Å². The van der Waals surface area contributed by atoms with Crippen molar-refractivity contribution in [2.45, 2.75) is 19.8 Å². The third-order valence-electron chi connectivity index (χ3n) is 2.09. The molecule has 5 heteroatoms. The zero-order valence-electron chi connectivity index (χ0n) is 9.11. The molecule has 1 aromatic rings. The standard InChI is InChI=1S/C11H15ClN2O2/c1-2-3-7-16-9-6-4-5-8(12)10(9)11(13)14-15/h4-6,15H,2-3,7H2,1H3,(H2,13,14). The van der Waals surface area contributed by atoms with Crippen molar-refractivity contribution < 1.29 is 9.94 Å². The van der Waals surface area contributed by atoms with Crippen LogP contribution in [0.25, 0.3) is 0 Å². The summed E-state index contributed by atoms with van der Waals surface area (Å²) in [5.74, 6) is 0.494. The largest absolute Gasteiger partial charge is 0.493 e. The van der Waals surface area contributed by atoms with Gasteiger partial charge >= 0.3 is 0 Å². The van der Waals surface area contributed by atoms with Crippen LogP contribution in [0, 0.1) is 0 Å². The zero-order chi connectivity index (χ0) is 12.0.